The van der Waals surface area contributed by atoms with E-state index in [1.165, 1.54) is 0 Å². The quantitative estimate of drug-likeness (QED) is 0.188. The first kappa shape index (κ1) is 55.1. The molecule has 4 aliphatic heterocycles. The van der Waals surface area contributed by atoms with E-state index in [9.17, 15) is 24.6 Å². The van der Waals surface area contributed by atoms with Gasteiger partial charge in [0, 0.05) is 90.9 Å². The zero-order valence-corrected chi connectivity index (χ0v) is 42.6. The Kier molecular flexibility index (Phi) is 20.4. The Balaban J connectivity index is 1.45. The van der Waals surface area contributed by atoms with Crippen molar-refractivity contribution in [1.29, 1.82) is 0 Å². The highest BCUT2D eigenvalue weighted by atomic mass is 16.7. The maximum atomic E-state index is 14.7. The zero-order chi connectivity index (χ0) is 49.2. The van der Waals surface area contributed by atoms with Crippen LogP contribution < -0.4 is 10.6 Å². The summed E-state index contributed by atoms with van der Waals surface area (Å²) in [5, 5.41) is 30.3. The summed E-state index contributed by atoms with van der Waals surface area (Å²) in [6.45, 7) is 18.1. The number of carbonyl (C=O) groups is 3. The highest BCUT2D eigenvalue weighted by molar-refractivity contribution is 5.81. The van der Waals surface area contributed by atoms with E-state index in [1.54, 1.807) is 39.8 Å². The number of benzene rings is 1. The number of rotatable bonds is 15. The molecule has 0 aliphatic carbocycles. The Bertz CT molecular complexity index is 1700. The highest BCUT2D eigenvalue weighted by Gasteiger charge is 2.51. The molecule has 4 heterocycles. The number of aliphatic hydroxyl groups is 2. The lowest BCUT2D eigenvalue weighted by molar-refractivity contribution is -0.320. The Hall–Kier alpha value is -2.81. The molecule has 1 aromatic rings. The molecule has 382 valence electrons. The number of carbonyl (C=O) groups excluding carboxylic acids is 3. The Morgan fingerprint density at radius 1 is 0.970 bits per heavy atom. The van der Waals surface area contributed by atoms with Gasteiger partial charge in [-0.25, -0.2) is 0 Å². The molecule has 1 aromatic carbocycles. The van der Waals surface area contributed by atoms with E-state index in [0.717, 1.165) is 31.7 Å². The summed E-state index contributed by atoms with van der Waals surface area (Å²) in [5.74, 6) is -2.15. The van der Waals surface area contributed by atoms with Crippen molar-refractivity contribution in [3.63, 3.8) is 0 Å². The predicted octanol–water partition coefficient (Wildman–Crippen LogP) is 2.50. The van der Waals surface area contributed by atoms with Gasteiger partial charge in [-0.15, -0.1) is 0 Å². The van der Waals surface area contributed by atoms with E-state index < -0.39 is 72.2 Å². The second-order valence-corrected chi connectivity index (χ2v) is 21.0. The minimum absolute atomic E-state index is 0.0101. The second-order valence-electron chi connectivity index (χ2n) is 21.0. The molecule has 3 amide bonds. The molecule has 4 N–H and O–H groups in total. The van der Waals surface area contributed by atoms with Crippen LogP contribution in [0.25, 0.3) is 0 Å². The number of aliphatic hydroxyl groups excluding tert-OH is 1. The van der Waals surface area contributed by atoms with Gasteiger partial charge >= 0.3 is 0 Å². The van der Waals surface area contributed by atoms with Gasteiger partial charge in [0.2, 0.25) is 17.7 Å². The molecule has 2 unspecified atom stereocenters. The molecule has 15 atom stereocenters. The maximum absolute atomic E-state index is 14.7. The summed E-state index contributed by atoms with van der Waals surface area (Å²) in [6, 6.07) is 9.15. The van der Waals surface area contributed by atoms with E-state index in [2.05, 4.69) is 32.4 Å². The first-order valence-corrected chi connectivity index (χ1v) is 24.7. The standard InChI is InChI=1S/C50H86N6O11/c1-32-28-49(6,61)46(67-48-44(39(53(8)9)25-33(2)64-48)63-24-16-19-51-40(57)31-56-22-20-54(10)21-23-56)34(3)43(66-42-29-50(7,62-12)45(59)36(5)65-42)35(4)47(60)52-38(27-41(58)55(11)30-32)26-37-17-14-13-15-18-37/h13-15,17-18,32-36,38-39,42-46,48,59,61H,16,19-31H2,1-12H3,(H,51,57)(H,52,60)/t32-,33-,34+,35?,36+,38+,39+,42?,43+,44-,45+,46-,48+,49-,50-/m1/s1. The van der Waals surface area contributed by atoms with E-state index in [0.29, 0.717) is 45.5 Å². The number of nitrogens with one attached hydrogen (secondary N) is 2. The molecule has 17 nitrogen and oxygen atoms in total. The van der Waals surface area contributed by atoms with Crippen LogP contribution in [-0.2, 0) is 49.2 Å². The maximum Gasteiger partial charge on any atom is 0.234 e. The first-order valence-electron chi connectivity index (χ1n) is 24.7. The molecule has 0 spiro atoms. The molecule has 4 aliphatic rings. The van der Waals surface area contributed by atoms with Crippen LogP contribution in [0.5, 0.6) is 0 Å². The number of methoxy groups -OCH3 is 1. The Labute approximate surface area is 400 Å². The molecule has 0 radical (unpaired) electrons. The summed E-state index contributed by atoms with van der Waals surface area (Å²) >= 11 is 0. The van der Waals surface area contributed by atoms with Crippen molar-refractivity contribution in [2.24, 2.45) is 17.8 Å². The van der Waals surface area contributed by atoms with Crippen LogP contribution in [0.1, 0.15) is 86.1 Å². The topological polar surface area (TPSA) is 184 Å². The monoisotopic (exact) mass is 947 g/mol. The molecule has 4 fully saturated rings. The van der Waals surface area contributed by atoms with Crippen molar-refractivity contribution < 1.29 is 53.0 Å². The van der Waals surface area contributed by atoms with Crippen LogP contribution in [0.2, 0.25) is 0 Å². The largest absolute Gasteiger partial charge is 0.387 e. The van der Waals surface area contributed by atoms with E-state index in [4.69, 9.17) is 28.4 Å². The van der Waals surface area contributed by atoms with Crippen molar-refractivity contribution in [1.82, 2.24) is 30.2 Å². The number of nitrogens with zero attached hydrogens (tertiary/aromatic N) is 4. The third-order valence-electron chi connectivity index (χ3n) is 14.6. The summed E-state index contributed by atoms with van der Waals surface area (Å²) in [5.41, 5.74) is -1.57. The molecular weight excluding hydrogens is 861 g/mol. The van der Waals surface area contributed by atoms with Crippen LogP contribution in [0, 0.1) is 17.8 Å². The molecule has 17 heteroatoms. The van der Waals surface area contributed by atoms with Gasteiger partial charge in [0.1, 0.15) is 12.2 Å². The number of piperazine rings is 1. The lowest BCUT2D eigenvalue weighted by Gasteiger charge is -2.49. The molecule has 0 aromatic heterocycles. The Morgan fingerprint density at radius 3 is 2.31 bits per heavy atom. The average Bonchev–Trinajstić information content (AvgIpc) is 3.26. The molecule has 5 rings (SSSR count). The van der Waals surface area contributed by atoms with Crippen molar-refractivity contribution >= 4 is 17.7 Å². The van der Waals surface area contributed by atoms with Crippen LogP contribution in [-0.4, -0.2) is 208 Å². The van der Waals surface area contributed by atoms with E-state index >= 15 is 0 Å². The minimum Gasteiger partial charge on any atom is -0.387 e. The van der Waals surface area contributed by atoms with Crippen LogP contribution in [0.4, 0.5) is 0 Å². The van der Waals surface area contributed by atoms with E-state index in [-0.39, 0.29) is 55.0 Å². The zero-order valence-electron chi connectivity index (χ0n) is 42.6. The van der Waals surface area contributed by atoms with Gasteiger partial charge in [0.15, 0.2) is 12.6 Å². The number of likely N-dealkylation sites (N-methyl/N-ethyl adjacent to an activating group) is 2. The lowest BCUT2D eigenvalue weighted by atomic mass is 9.77. The minimum atomic E-state index is -1.55. The average molecular weight is 947 g/mol. The van der Waals surface area contributed by atoms with Gasteiger partial charge in [0.25, 0.3) is 0 Å². The number of hydrogen-bond donors (Lipinski definition) is 4. The summed E-state index contributed by atoms with van der Waals surface area (Å²) in [4.78, 5) is 49.7. The van der Waals surface area contributed by atoms with Gasteiger partial charge in [-0.05, 0) is 86.0 Å². The SMILES string of the molecule is CO[C@]1(C)CC(O[C@@H]2C(C)C(=O)N[C@@H](Cc3ccccc3)CC(=O)N(C)C[C@H](C)C[C@@](C)(O)[C@H](O[C@@H]3O[C@H](C)C[C@H](N(C)C)[C@H]3OCCCNC(=O)CN3CCN(C)CC3)[C@H]2C)O[C@@H](C)[C@@H]1O. The van der Waals surface area contributed by atoms with Crippen molar-refractivity contribution in [2.45, 2.75) is 159 Å². The second kappa shape index (κ2) is 24.8. The van der Waals surface area contributed by atoms with Gasteiger partial charge in [0.05, 0.1) is 48.1 Å². The number of hydrogen-bond acceptors (Lipinski definition) is 14. The molecule has 67 heavy (non-hydrogen) atoms. The highest BCUT2D eigenvalue weighted by Crippen LogP contribution is 2.40. The Morgan fingerprint density at radius 2 is 1.66 bits per heavy atom. The fourth-order valence-corrected chi connectivity index (χ4v) is 10.6. The predicted molar refractivity (Wildman–Crippen MR) is 255 cm³/mol. The fourth-order valence-electron chi connectivity index (χ4n) is 10.6. The van der Waals surface area contributed by atoms with Crippen LogP contribution >= 0.6 is 0 Å². The molecule has 0 bridgehead atoms. The van der Waals surface area contributed by atoms with Crippen molar-refractivity contribution in [3.05, 3.63) is 35.9 Å². The number of ether oxygens (including phenoxy) is 6. The first-order chi connectivity index (χ1) is 31.6. The fraction of sp³-hybridized carbons (Fsp3) is 0.820. The van der Waals surface area contributed by atoms with Crippen LogP contribution in [0.3, 0.4) is 0 Å². The van der Waals surface area contributed by atoms with Gasteiger partial charge in [-0.2, -0.15) is 0 Å². The van der Waals surface area contributed by atoms with Gasteiger partial charge < -0.3 is 64.0 Å². The van der Waals surface area contributed by atoms with Gasteiger partial charge in [-0.1, -0.05) is 51.1 Å². The van der Waals surface area contributed by atoms with Gasteiger partial charge in [-0.3, -0.25) is 19.3 Å². The summed E-state index contributed by atoms with van der Waals surface area (Å²) < 4.78 is 39.6. The molecule has 4 saturated heterocycles. The molecular formula is C50H86N6O11. The number of amides is 3. The molecule has 0 saturated carbocycles. The summed E-state index contributed by atoms with van der Waals surface area (Å²) in [6.07, 6.45) is -3.99. The smallest absolute Gasteiger partial charge is 0.234 e. The normalized spacial score (nSPS) is 38.1. The van der Waals surface area contributed by atoms with E-state index in [1.807, 2.05) is 72.1 Å². The van der Waals surface area contributed by atoms with Crippen molar-refractivity contribution in [2.75, 3.05) is 87.7 Å². The third kappa shape index (κ3) is 15.3. The van der Waals surface area contributed by atoms with Crippen LogP contribution in [0.15, 0.2) is 30.3 Å². The van der Waals surface area contributed by atoms with Crippen molar-refractivity contribution in [3.8, 4) is 0 Å². The summed E-state index contributed by atoms with van der Waals surface area (Å²) in [7, 11) is 9.40. The third-order valence-corrected chi connectivity index (χ3v) is 14.6. The lowest BCUT2D eigenvalue weighted by Crippen LogP contribution is -2.61.